The number of hydrogen-bond donors (Lipinski definition) is 2. The fourth-order valence-electron chi connectivity index (χ4n) is 1.38. The Morgan fingerprint density at radius 3 is 2.18 bits per heavy atom. The van der Waals surface area contributed by atoms with E-state index in [-0.39, 0.29) is 29.8 Å². The van der Waals surface area contributed by atoms with Gasteiger partial charge in [-0.25, -0.2) is 0 Å². The number of carbonyl (C=O) groups is 1. The van der Waals surface area contributed by atoms with E-state index < -0.39 is 5.97 Å². The van der Waals surface area contributed by atoms with Crippen LogP contribution in [0.3, 0.4) is 0 Å². The van der Waals surface area contributed by atoms with E-state index in [1.807, 2.05) is 13.8 Å². The number of aliphatic carboxylic acids is 1. The predicted molar refractivity (Wildman–Crippen MR) is 44.7 cm³/mol. The summed E-state index contributed by atoms with van der Waals surface area (Å²) in [7, 11) is 0. The van der Waals surface area contributed by atoms with E-state index >= 15 is 0 Å². The molecule has 0 amide bonds. The fraction of sp³-hybridized carbons (Fsp3) is 0.857. The van der Waals surface area contributed by atoms with Gasteiger partial charge < -0.3 is 10.8 Å². The SMILES string of the molecule is CC1(C)[C@H](N)C[C@H]1C(=O)O.Cl. The van der Waals surface area contributed by atoms with Crippen LogP contribution in [0, 0.1) is 11.3 Å². The Kier molecular flexibility index (Phi) is 2.91. The Balaban J connectivity index is 0.000001000. The van der Waals surface area contributed by atoms with Gasteiger partial charge in [-0.1, -0.05) is 13.8 Å². The Morgan fingerprint density at radius 1 is 1.64 bits per heavy atom. The largest absolute Gasteiger partial charge is 0.481 e. The van der Waals surface area contributed by atoms with Crippen molar-refractivity contribution in [2.24, 2.45) is 17.1 Å². The van der Waals surface area contributed by atoms with E-state index in [2.05, 4.69) is 0 Å². The molecule has 0 aromatic carbocycles. The fourth-order valence-corrected chi connectivity index (χ4v) is 1.38. The molecular formula is C7H14ClNO2. The van der Waals surface area contributed by atoms with Crippen LogP contribution in [-0.2, 0) is 4.79 Å². The summed E-state index contributed by atoms with van der Waals surface area (Å²) in [6.07, 6.45) is 0.627. The maximum absolute atomic E-state index is 10.5. The van der Waals surface area contributed by atoms with Crippen molar-refractivity contribution in [3.8, 4) is 0 Å². The number of hydrogen-bond acceptors (Lipinski definition) is 2. The van der Waals surface area contributed by atoms with Crippen LogP contribution in [0.2, 0.25) is 0 Å². The van der Waals surface area contributed by atoms with Crippen LogP contribution >= 0.6 is 12.4 Å². The molecule has 0 unspecified atom stereocenters. The molecule has 0 radical (unpaired) electrons. The molecule has 1 saturated carbocycles. The van der Waals surface area contributed by atoms with Crippen molar-refractivity contribution in [1.82, 2.24) is 0 Å². The van der Waals surface area contributed by atoms with Crippen molar-refractivity contribution in [3.63, 3.8) is 0 Å². The molecule has 4 heteroatoms. The first-order valence-corrected chi connectivity index (χ1v) is 3.44. The highest BCUT2D eigenvalue weighted by atomic mass is 35.5. The Morgan fingerprint density at radius 2 is 2.09 bits per heavy atom. The second-order valence-electron chi connectivity index (χ2n) is 3.55. The molecule has 3 N–H and O–H groups in total. The van der Waals surface area contributed by atoms with Crippen molar-refractivity contribution in [3.05, 3.63) is 0 Å². The monoisotopic (exact) mass is 179 g/mol. The van der Waals surface area contributed by atoms with Crippen LogP contribution in [-0.4, -0.2) is 17.1 Å². The minimum Gasteiger partial charge on any atom is -0.481 e. The molecule has 1 aliphatic rings. The van der Waals surface area contributed by atoms with Crippen LogP contribution in [0.25, 0.3) is 0 Å². The summed E-state index contributed by atoms with van der Waals surface area (Å²) in [4.78, 5) is 10.5. The van der Waals surface area contributed by atoms with E-state index in [4.69, 9.17) is 10.8 Å². The van der Waals surface area contributed by atoms with E-state index in [1.165, 1.54) is 0 Å². The lowest BCUT2D eigenvalue weighted by molar-refractivity contribution is -0.153. The lowest BCUT2D eigenvalue weighted by Gasteiger charge is -2.47. The summed E-state index contributed by atoms with van der Waals surface area (Å²) < 4.78 is 0. The zero-order valence-electron chi connectivity index (χ0n) is 6.70. The second-order valence-corrected chi connectivity index (χ2v) is 3.55. The number of rotatable bonds is 1. The Bertz CT molecular complexity index is 170. The van der Waals surface area contributed by atoms with Crippen molar-refractivity contribution in [1.29, 1.82) is 0 Å². The van der Waals surface area contributed by atoms with Gasteiger partial charge in [-0.3, -0.25) is 4.79 Å². The van der Waals surface area contributed by atoms with Crippen LogP contribution in [0.1, 0.15) is 20.3 Å². The zero-order chi connectivity index (χ0) is 7.94. The van der Waals surface area contributed by atoms with Gasteiger partial charge >= 0.3 is 5.97 Å². The summed E-state index contributed by atoms with van der Waals surface area (Å²) in [5.74, 6) is -0.950. The molecule has 0 saturated heterocycles. The molecule has 0 bridgehead atoms. The van der Waals surface area contributed by atoms with Crippen LogP contribution in [0.4, 0.5) is 0 Å². The molecule has 11 heavy (non-hydrogen) atoms. The van der Waals surface area contributed by atoms with Gasteiger partial charge in [0.25, 0.3) is 0 Å². The maximum Gasteiger partial charge on any atom is 0.307 e. The summed E-state index contributed by atoms with van der Waals surface area (Å²) in [5, 5.41) is 8.63. The second kappa shape index (κ2) is 2.99. The average molecular weight is 180 g/mol. The van der Waals surface area contributed by atoms with E-state index in [1.54, 1.807) is 0 Å². The predicted octanol–water partition coefficient (Wildman–Crippen LogP) is 0.866. The van der Waals surface area contributed by atoms with Gasteiger partial charge in [0.2, 0.25) is 0 Å². The molecule has 1 fully saturated rings. The van der Waals surface area contributed by atoms with Gasteiger partial charge in [-0.15, -0.1) is 12.4 Å². The highest BCUT2D eigenvalue weighted by Crippen LogP contribution is 2.44. The maximum atomic E-state index is 10.5. The van der Waals surface area contributed by atoms with E-state index in [9.17, 15) is 4.79 Å². The minimum atomic E-state index is -0.716. The van der Waals surface area contributed by atoms with Gasteiger partial charge in [0, 0.05) is 6.04 Å². The average Bonchev–Trinajstić information content (AvgIpc) is 1.82. The van der Waals surface area contributed by atoms with Gasteiger partial charge in [-0.2, -0.15) is 0 Å². The van der Waals surface area contributed by atoms with Crippen molar-refractivity contribution >= 4 is 18.4 Å². The summed E-state index contributed by atoms with van der Waals surface area (Å²) in [5.41, 5.74) is 5.42. The Labute approximate surface area is 72.4 Å². The van der Waals surface area contributed by atoms with Crippen molar-refractivity contribution in [2.45, 2.75) is 26.3 Å². The van der Waals surface area contributed by atoms with Gasteiger partial charge in [0.15, 0.2) is 0 Å². The molecule has 2 atom stereocenters. The Hall–Kier alpha value is -0.280. The molecule has 66 valence electrons. The molecule has 0 aromatic rings. The first kappa shape index (κ1) is 10.7. The quantitative estimate of drug-likeness (QED) is 0.628. The third kappa shape index (κ3) is 1.49. The van der Waals surface area contributed by atoms with Gasteiger partial charge in [0.05, 0.1) is 5.92 Å². The van der Waals surface area contributed by atoms with Crippen LogP contribution < -0.4 is 5.73 Å². The first-order valence-electron chi connectivity index (χ1n) is 3.44. The zero-order valence-corrected chi connectivity index (χ0v) is 7.52. The first-order chi connectivity index (χ1) is 4.46. The number of halogens is 1. The third-order valence-electron chi connectivity index (χ3n) is 2.64. The molecule has 0 aromatic heterocycles. The van der Waals surface area contributed by atoms with Crippen LogP contribution in [0.5, 0.6) is 0 Å². The highest BCUT2D eigenvalue weighted by Gasteiger charge is 2.49. The molecular weight excluding hydrogens is 166 g/mol. The molecule has 3 nitrogen and oxygen atoms in total. The summed E-state index contributed by atoms with van der Waals surface area (Å²) in [6.45, 7) is 3.81. The standard InChI is InChI=1S/C7H13NO2.ClH/c1-7(2)4(6(9)10)3-5(7)8;/h4-5H,3,8H2,1-2H3,(H,9,10);1H/t4-,5+;/m0./s1. The highest BCUT2D eigenvalue weighted by molar-refractivity contribution is 5.85. The topological polar surface area (TPSA) is 63.3 Å². The van der Waals surface area contributed by atoms with Crippen molar-refractivity contribution in [2.75, 3.05) is 0 Å². The summed E-state index contributed by atoms with van der Waals surface area (Å²) in [6, 6.07) is 0.0635. The molecule has 0 aliphatic heterocycles. The molecule has 1 aliphatic carbocycles. The van der Waals surface area contributed by atoms with Gasteiger partial charge in [-0.05, 0) is 11.8 Å². The lowest BCUT2D eigenvalue weighted by atomic mass is 9.59. The van der Waals surface area contributed by atoms with Crippen molar-refractivity contribution < 1.29 is 9.90 Å². The normalized spacial score (nSPS) is 33.4. The van der Waals surface area contributed by atoms with Gasteiger partial charge in [0.1, 0.15) is 0 Å². The minimum absolute atomic E-state index is 0. The van der Waals surface area contributed by atoms with E-state index in [0.717, 1.165) is 0 Å². The molecule has 1 rings (SSSR count). The third-order valence-corrected chi connectivity index (χ3v) is 2.64. The molecule has 0 heterocycles. The lowest BCUT2D eigenvalue weighted by Crippen LogP contribution is -2.57. The number of nitrogens with two attached hydrogens (primary N) is 1. The number of carboxylic acid groups (broad SMARTS) is 1. The smallest absolute Gasteiger partial charge is 0.307 e. The van der Waals surface area contributed by atoms with E-state index in [0.29, 0.717) is 6.42 Å². The summed E-state index contributed by atoms with van der Waals surface area (Å²) >= 11 is 0. The molecule has 0 spiro atoms. The number of carboxylic acids is 1. The van der Waals surface area contributed by atoms with Crippen LogP contribution in [0.15, 0.2) is 0 Å².